The second-order valence-electron chi connectivity index (χ2n) is 7.75. The van der Waals surface area contributed by atoms with Gasteiger partial charge in [-0.1, -0.05) is 42.5 Å². The Morgan fingerprint density at radius 2 is 1.86 bits per heavy atom. The van der Waals surface area contributed by atoms with E-state index < -0.39 is 0 Å². The van der Waals surface area contributed by atoms with Crippen molar-refractivity contribution in [2.75, 3.05) is 32.8 Å². The van der Waals surface area contributed by atoms with Crippen LogP contribution in [0.25, 0.3) is 10.9 Å². The maximum absolute atomic E-state index is 5.59. The number of para-hydroxylation sites is 1. The number of nitrogens with zero attached hydrogens (tertiary/aromatic N) is 2. The van der Waals surface area contributed by atoms with Crippen LogP contribution >= 0.6 is 0 Å². The highest BCUT2D eigenvalue weighted by Gasteiger charge is 2.23. The monoisotopic (exact) mass is 375 g/mol. The van der Waals surface area contributed by atoms with Crippen molar-refractivity contribution in [3.05, 3.63) is 71.9 Å². The van der Waals surface area contributed by atoms with Gasteiger partial charge in [-0.15, -0.1) is 0 Å². The number of aromatic nitrogens is 1. The molecule has 28 heavy (non-hydrogen) atoms. The van der Waals surface area contributed by atoms with Crippen molar-refractivity contribution in [3.63, 3.8) is 0 Å². The van der Waals surface area contributed by atoms with E-state index in [-0.39, 0.29) is 0 Å². The van der Waals surface area contributed by atoms with Crippen molar-refractivity contribution in [3.8, 4) is 0 Å². The topological polar surface area (TPSA) is 17.4 Å². The highest BCUT2D eigenvalue weighted by atomic mass is 16.5. The molecule has 1 fully saturated rings. The lowest BCUT2D eigenvalue weighted by molar-refractivity contribution is 0.140. The Morgan fingerprint density at radius 3 is 2.64 bits per heavy atom. The lowest BCUT2D eigenvalue weighted by Gasteiger charge is -2.32. The SMILES string of the molecule is CCOCCn1cc(C2CCN(CCc3[c]cccc3)CC2)c2ccccc21. The summed E-state index contributed by atoms with van der Waals surface area (Å²) in [5.41, 5.74) is 4.20. The molecule has 1 saturated heterocycles. The van der Waals surface area contributed by atoms with Crippen molar-refractivity contribution in [1.82, 2.24) is 9.47 Å². The molecule has 1 aliphatic heterocycles. The van der Waals surface area contributed by atoms with Gasteiger partial charge in [0.15, 0.2) is 0 Å². The zero-order valence-corrected chi connectivity index (χ0v) is 16.9. The van der Waals surface area contributed by atoms with Gasteiger partial charge in [0, 0.05) is 36.8 Å². The van der Waals surface area contributed by atoms with Crippen molar-refractivity contribution >= 4 is 10.9 Å². The number of likely N-dealkylation sites (tertiary alicyclic amines) is 1. The first-order valence-electron chi connectivity index (χ1n) is 10.7. The lowest BCUT2D eigenvalue weighted by Crippen LogP contribution is -2.34. The van der Waals surface area contributed by atoms with Crippen molar-refractivity contribution in [2.45, 2.75) is 38.6 Å². The van der Waals surface area contributed by atoms with Gasteiger partial charge in [0.2, 0.25) is 0 Å². The molecule has 3 nitrogen and oxygen atoms in total. The molecule has 0 aliphatic carbocycles. The highest BCUT2D eigenvalue weighted by Crippen LogP contribution is 2.34. The molecule has 3 aromatic rings. The van der Waals surface area contributed by atoms with Crippen LogP contribution in [0.4, 0.5) is 0 Å². The van der Waals surface area contributed by atoms with E-state index >= 15 is 0 Å². The average molecular weight is 376 g/mol. The smallest absolute Gasteiger partial charge is 0.0645 e. The standard InChI is InChI=1S/C25H31N2O/c1-2-28-19-18-27-20-24(23-10-6-7-11-25(23)27)22-13-16-26(17-14-22)15-12-21-8-4-3-5-9-21/h3-8,10-11,20,22H,2,12-19H2,1H3. The van der Waals surface area contributed by atoms with Crippen LogP contribution in [0.2, 0.25) is 0 Å². The normalized spacial score (nSPS) is 16.0. The fourth-order valence-electron chi connectivity index (χ4n) is 4.42. The number of hydrogen-bond donors (Lipinski definition) is 0. The van der Waals surface area contributed by atoms with Crippen molar-refractivity contribution in [2.24, 2.45) is 0 Å². The van der Waals surface area contributed by atoms with Gasteiger partial charge in [0.25, 0.3) is 0 Å². The molecule has 0 unspecified atom stereocenters. The highest BCUT2D eigenvalue weighted by molar-refractivity contribution is 5.84. The van der Waals surface area contributed by atoms with Gasteiger partial charge >= 0.3 is 0 Å². The predicted molar refractivity (Wildman–Crippen MR) is 116 cm³/mol. The molecule has 0 atom stereocenters. The van der Waals surface area contributed by atoms with Crippen LogP contribution in [0.3, 0.4) is 0 Å². The molecule has 0 N–H and O–H groups in total. The first-order chi connectivity index (χ1) is 13.8. The fourth-order valence-corrected chi connectivity index (χ4v) is 4.42. The van der Waals surface area contributed by atoms with Gasteiger partial charge in [0.05, 0.1) is 6.61 Å². The van der Waals surface area contributed by atoms with Crippen LogP contribution in [0.5, 0.6) is 0 Å². The number of ether oxygens (including phenoxy) is 1. The first-order valence-corrected chi connectivity index (χ1v) is 10.7. The predicted octanol–water partition coefficient (Wildman–Crippen LogP) is 4.90. The summed E-state index contributed by atoms with van der Waals surface area (Å²) >= 11 is 0. The second-order valence-corrected chi connectivity index (χ2v) is 7.75. The van der Waals surface area contributed by atoms with E-state index in [1.165, 1.54) is 48.0 Å². The molecule has 1 aliphatic rings. The molecule has 0 bridgehead atoms. The van der Waals surface area contributed by atoms with Gasteiger partial charge in [-0.05, 0) is 68.5 Å². The summed E-state index contributed by atoms with van der Waals surface area (Å²) in [5.74, 6) is 0.665. The number of fused-ring (bicyclic) bond motifs is 1. The van der Waals surface area contributed by atoms with Gasteiger partial charge in [-0.3, -0.25) is 0 Å². The first kappa shape index (κ1) is 19.2. The summed E-state index contributed by atoms with van der Waals surface area (Å²) in [4.78, 5) is 2.62. The van der Waals surface area contributed by atoms with Crippen LogP contribution in [0.15, 0.2) is 54.7 Å². The Balaban J connectivity index is 1.39. The van der Waals surface area contributed by atoms with E-state index in [1.54, 1.807) is 0 Å². The molecule has 0 saturated carbocycles. The molecule has 1 radical (unpaired) electrons. The van der Waals surface area contributed by atoms with Gasteiger partial charge in [-0.25, -0.2) is 0 Å². The van der Waals surface area contributed by atoms with Crippen LogP contribution in [0, 0.1) is 6.07 Å². The zero-order chi connectivity index (χ0) is 19.2. The number of piperidine rings is 1. The van der Waals surface area contributed by atoms with Crippen molar-refractivity contribution in [1.29, 1.82) is 0 Å². The Labute approximate surface area is 168 Å². The summed E-state index contributed by atoms with van der Waals surface area (Å²) < 4.78 is 7.98. The summed E-state index contributed by atoms with van der Waals surface area (Å²) in [6.07, 6.45) is 5.99. The molecular formula is C25H31N2O. The van der Waals surface area contributed by atoms with E-state index in [4.69, 9.17) is 4.74 Å². The molecule has 1 aromatic heterocycles. The summed E-state index contributed by atoms with van der Waals surface area (Å²) in [7, 11) is 0. The second kappa shape index (κ2) is 9.40. The Kier molecular flexibility index (Phi) is 6.45. The van der Waals surface area contributed by atoms with Crippen LogP contribution < -0.4 is 0 Å². The molecular weight excluding hydrogens is 344 g/mol. The maximum Gasteiger partial charge on any atom is 0.0645 e. The molecule has 147 valence electrons. The van der Waals surface area contributed by atoms with E-state index in [2.05, 4.69) is 65.1 Å². The fraction of sp³-hybridized carbons (Fsp3) is 0.440. The third-order valence-corrected chi connectivity index (χ3v) is 6.00. The molecule has 2 heterocycles. The number of hydrogen-bond acceptors (Lipinski definition) is 2. The summed E-state index contributed by atoms with van der Waals surface area (Å²) in [6.45, 7) is 8.08. The quantitative estimate of drug-likeness (QED) is 0.521. The van der Waals surface area contributed by atoms with Crippen LogP contribution in [0.1, 0.15) is 36.8 Å². The van der Waals surface area contributed by atoms with E-state index in [9.17, 15) is 0 Å². The molecule has 3 heteroatoms. The Bertz CT molecular complexity index is 863. The lowest BCUT2D eigenvalue weighted by atomic mass is 9.89. The van der Waals surface area contributed by atoms with E-state index in [1.807, 2.05) is 12.1 Å². The van der Waals surface area contributed by atoms with Gasteiger partial charge in [-0.2, -0.15) is 0 Å². The van der Waals surface area contributed by atoms with Gasteiger partial charge in [0.1, 0.15) is 0 Å². The molecule has 4 rings (SSSR count). The van der Waals surface area contributed by atoms with Crippen LogP contribution in [-0.4, -0.2) is 42.3 Å². The third-order valence-electron chi connectivity index (χ3n) is 6.00. The third kappa shape index (κ3) is 4.48. The minimum atomic E-state index is 0.665. The largest absolute Gasteiger partial charge is 0.380 e. The minimum absolute atomic E-state index is 0.665. The van der Waals surface area contributed by atoms with E-state index in [0.717, 1.165) is 32.7 Å². The summed E-state index contributed by atoms with van der Waals surface area (Å²) in [6, 6.07) is 20.6. The van der Waals surface area contributed by atoms with Gasteiger partial charge < -0.3 is 14.2 Å². The molecule has 2 aromatic carbocycles. The van der Waals surface area contributed by atoms with Crippen molar-refractivity contribution < 1.29 is 4.74 Å². The molecule has 0 amide bonds. The average Bonchev–Trinajstić information content (AvgIpc) is 3.12. The Morgan fingerprint density at radius 1 is 1.04 bits per heavy atom. The zero-order valence-electron chi connectivity index (χ0n) is 16.9. The maximum atomic E-state index is 5.59. The Hall–Kier alpha value is -2.10. The summed E-state index contributed by atoms with van der Waals surface area (Å²) in [5, 5.41) is 1.43. The minimum Gasteiger partial charge on any atom is -0.380 e. The number of rotatable bonds is 8. The number of benzene rings is 2. The molecule has 0 spiro atoms. The van der Waals surface area contributed by atoms with E-state index in [0.29, 0.717) is 5.92 Å². The van der Waals surface area contributed by atoms with Crippen LogP contribution in [-0.2, 0) is 17.7 Å².